The van der Waals surface area contributed by atoms with Crippen molar-refractivity contribution in [1.29, 1.82) is 0 Å². The highest BCUT2D eigenvalue weighted by Crippen LogP contribution is 2.32. The number of hydrogen-bond acceptors (Lipinski definition) is 4. The second-order valence-electron chi connectivity index (χ2n) is 4.91. The van der Waals surface area contributed by atoms with Crippen molar-refractivity contribution in [3.05, 3.63) is 53.6 Å². The van der Waals surface area contributed by atoms with Crippen molar-refractivity contribution in [2.75, 3.05) is 20.8 Å². The van der Waals surface area contributed by atoms with Crippen LogP contribution in [0.4, 0.5) is 0 Å². The molecule has 0 amide bonds. The van der Waals surface area contributed by atoms with Crippen LogP contribution in [0.2, 0.25) is 0 Å². The Morgan fingerprint density at radius 3 is 2.38 bits per heavy atom. The third kappa shape index (κ3) is 3.87. The van der Waals surface area contributed by atoms with Crippen molar-refractivity contribution < 1.29 is 24.1 Å². The first-order chi connectivity index (χ1) is 11.6. The molecule has 0 spiro atoms. The van der Waals surface area contributed by atoms with E-state index in [0.29, 0.717) is 35.0 Å². The molecule has 0 unspecified atom stereocenters. The summed E-state index contributed by atoms with van der Waals surface area (Å²) in [6.45, 7) is 2.41. The fraction of sp³-hybridized carbons (Fsp3) is 0.211. The van der Waals surface area contributed by atoms with Crippen LogP contribution in [-0.2, 0) is 4.79 Å². The second-order valence-corrected chi connectivity index (χ2v) is 4.91. The van der Waals surface area contributed by atoms with Crippen LogP contribution in [0.5, 0.6) is 17.2 Å². The van der Waals surface area contributed by atoms with Crippen LogP contribution in [0, 0.1) is 0 Å². The van der Waals surface area contributed by atoms with Gasteiger partial charge >= 0.3 is 5.97 Å². The molecule has 0 aliphatic carbocycles. The fourth-order valence-electron chi connectivity index (χ4n) is 2.34. The fourth-order valence-corrected chi connectivity index (χ4v) is 2.34. The van der Waals surface area contributed by atoms with Gasteiger partial charge in [-0.3, -0.25) is 0 Å². The molecule has 0 radical (unpaired) electrons. The van der Waals surface area contributed by atoms with Gasteiger partial charge in [-0.25, -0.2) is 4.79 Å². The number of aliphatic carboxylic acids is 1. The first-order valence-electron chi connectivity index (χ1n) is 7.50. The van der Waals surface area contributed by atoms with Gasteiger partial charge < -0.3 is 19.3 Å². The number of para-hydroxylation sites is 1. The van der Waals surface area contributed by atoms with Gasteiger partial charge in [-0.2, -0.15) is 0 Å². The highest BCUT2D eigenvalue weighted by molar-refractivity contribution is 6.21. The second kappa shape index (κ2) is 8.06. The van der Waals surface area contributed by atoms with Crippen LogP contribution in [0.1, 0.15) is 18.1 Å². The average molecular weight is 328 g/mol. The number of carboxylic acids is 1. The van der Waals surface area contributed by atoms with E-state index >= 15 is 0 Å². The quantitative estimate of drug-likeness (QED) is 0.620. The van der Waals surface area contributed by atoms with Crippen LogP contribution >= 0.6 is 0 Å². The Balaban J connectivity index is 2.50. The van der Waals surface area contributed by atoms with Gasteiger partial charge in [-0.05, 0) is 36.8 Å². The molecule has 5 nitrogen and oxygen atoms in total. The van der Waals surface area contributed by atoms with E-state index in [-0.39, 0.29) is 5.57 Å². The van der Waals surface area contributed by atoms with Crippen molar-refractivity contribution in [2.45, 2.75) is 6.92 Å². The van der Waals surface area contributed by atoms with Gasteiger partial charge in [0.1, 0.15) is 5.75 Å². The summed E-state index contributed by atoms with van der Waals surface area (Å²) in [5, 5.41) is 9.59. The largest absolute Gasteiger partial charge is 0.496 e. The van der Waals surface area contributed by atoms with Gasteiger partial charge in [0.05, 0.1) is 26.4 Å². The number of rotatable bonds is 7. The molecule has 5 heteroatoms. The van der Waals surface area contributed by atoms with Gasteiger partial charge in [0, 0.05) is 5.56 Å². The standard InChI is InChI=1S/C19H20O5/c1-4-24-17-10-9-13(12-18(17)23-3)11-15(19(20)21)14-7-5-6-8-16(14)22-2/h5-12H,4H2,1-3H3,(H,20,21)/b15-11-. The molecule has 0 saturated heterocycles. The van der Waals surface area contributed by atoms with Crippen LogP contribution in [0.25, 0.3) is 11.6 Å². The molecule has 2 aromatic carbocycles. The Bertz CT molecular complexity index is 749. The maximum atomic E-state index is 11.7. The van der Waals surface area contributed by atoms with Crippen LogP contribution in [-0.4, -0.2) is 31.9 Å². The van der Waals surface area contributed by atoms with Gasteiger partial charge in [0.25, 0.3) is 0 Å². The zero-order valence-electron chi connectivity index (χ0n) is 13.9. The van der Waals surface area contributed by atoms with E-state index in [1.165, 1.54) is 7.11 Å². The Labute approximate surface area is 141 Å². The molecule has 0 fully saturated rings. The smallest absolute Gasteiger partial charge is 0.336 e. The number of carboxylic acid groups (broad SMARTS) is 1. The van der Waals surface area contributed by atoms with Crippen molar-refractivity contribution in [1.82, 2.24) is 0 Å². The molecule has 24 heavy (non-hydrogen) atoms. The minimum atomic E-state index is -1.03. The third-order valence-corrected chi connectivity index (χ3v) is 3.43. The van der Waals surface area contributed by atoms with Crippen molar-refractivity contribution in [3.8, 4) is 17.2 Å². The number of methoxy groups -OCH3 is 2. The first-order valence-corrected chi connectivity index (χ1v) is 7.50. The lowest BCUT2D eigenvalue weighted by atomic mass is 10.0. The summed E-state index contributed by atoms with van der Waals surface area (Å²) in [4.78, 5) is 11.7. The molecular formula is C19H20O5. The lowest BCUT2D eigenvalue weighted by Crippen LogP contribution is -2.02. The minimum Gasteiger partial charge on any atom is -0.496 e. The zero-order valence-corrected chi connectivity index (χ0v) is 13.9. The monoisotopic (exact) mass is 328 g/mol. The molecule has 0 bridgehead atoms. The number of ether oxygens (including phenoxy) is 3. The van der Waals surface area contributed by atoms with Gasteiger partial charge in [0.15, 0.2) is 11.5 Å². The van der Waals surface area contributed by atoms with Crippen LogP contribution in [0.15, 0.2) is 42.5 Å². The van der Waals surface area contributed by atoms with E-state index in [1.54, 1.807) is 55.7 Å². The Morgan fingerprint density at radius 1 is 1.04 bits per heavy atom. The van der Waals surface area contributed by atoms with Crippen LogP contribution < -0.4 is 14.2 Å². The molecule has 0 aliphatic heterocycles. The van der Waals surface area contributed by atoms with E-state index in [1.807, 2.05) is 6.92 Å². The molecule has 2 rings (SSSR count). The molecule has 1 N–H and O–H groups in total. The number of benzene rings is 2. The predicted molar refractivity (Wildman–Crippen MR) is 92.7 cm³/mol. The lowest BCUT2D eigenvalue weighted by Gasteiger charge is -2.11. The van der Waals surface area contributed by atoms with E-state index in [0.717, 1.165) is 0 Å². The molecular weight excluding hydrogens is 308 g/mol. The SMILES string of the molecule is CCOc1ccc(/C=C(\C(=O)O)c2ccccc2OC)cc1OC. The normalized spacial score (nSPS) is 11.0. The summed E-state index contributed by atoms with van der Waals surface area (Å²) in [6.07, 6.45) is 1.58. The Kier molecular flexibility index (Phi) is 5.84. The van der Waals surface area contributed by atoms with E-state index < -0.39 is 5.97 Å². The summed E-state index contributed by atoms with van der Waals surface area (Å²) >= 11 is 0. The summed E-state index contributed by atoms with van der Waals surface area (Å²) in [5.41, 5.74) is 1.35. The average Bonchev–Trinajstić information content (AvgIpc) is 2.60. The van der Waals surface area contributed by atoms with Crippen LogP contribution in [0.3, 0.4) is 0 Å². The molecule has 0 atom stereocenters. The first kappa shape index (κ1) is 17.4. The number of hydrogen-bond donors (Lipinski definition) is 1. The molecule has 0 aromatic heterocycles. The molecule has 126 valence electrons. The third-order valence-electron chi connectivity index (χ3n) is 3.43. The van der Waals surface area contributed by atoms with Gasteiger partial charge in [-0.15, -0.1) is 0 Å². The van der Waals surface area contributed by atoms with Gasteiger partial charge in [-0.1, -0.05) is 24.3 Å². The summed E-state index contributed by atoms with van der Waals surface area (Å²) < 4.78 is 16.0. The zero-order chi connectivity index (χ0) is 17.5. The van der Waals surface area contributed by atoms with Crippen molar-refractivity contribution in [2.24, 2.45) is 0 Å². The summed E-state index contributed by atoms with van der Waals surface area (Å²) in [5.74, 6) is 0.637. The topological polar surface area (TPSA) is 65.0 Å². The van der Waals surface area contributed by atoms with E-state index in [9.17, 15) is 9.90 Å². The van der Waals surface area contributed by atoms with E-state index in [2.05, 4.69) is 0 Å². The molecule has 2 aromatic rings. The summed E-state index contributed by atoms with van der Waals surface area (Å²) in [6, 6.07) is 12.3. The van der Waals surface area contributed by atoms with Crippen molar-refractivity contribution >= 4 is 17.6 Å². The Morgan fingerprint density at radius 2 is 1.75 bits per heavy atom. The maximum absolute atomic E-state index is 11.7. The number of carbonyl (C=O) groups is 1. The lowest BCUT2D eigenvalue weighted by molar-refractivity contribution is -0.130. The van der Waals surface area contributed by atoms with Gasteiger partial charge in [0.2, 0.25) is 0 Å². The van der Waals surface area contributed by atoms with Crippen molar-refractivity contribution in [3.63, 3.8) is 0 Å². The minimum absolute atomic E-state index is 0.138. The molecule has 0 heterocycles. The Hall–Kier alpha value is -2.95. The molecule has 0 saturated carbocycles. The van der Waals surface area contributed by atoms with E-state index in [4.69, 9.17) is 14.2 Å². The highest BCUT2D eigenvalue weighted by atomic mass is 16.5. The molecule has 0 aliphatic rings. The predicted octanol–water partition coefficient (Wildman–Crippen LogP) is 3.73. The maximum Gasteiger partial charge on any atom is 0.336 e. The highest BCUT2D eigenvalue weighted by Gasteiger charge is 2.15. The summed E-state index contributed by atoms with van der Waals surface area (Å²) in [7, 11) is 3.06.